The van der Waals surface area contributed by atoms with Crippen molar-refractivity contribution < 1.29 is 13.9 Å². The van der Waals surface area contributed by atoms with Crippen LogP contribution in [0.3, 0.4) is 0 Å². The van der Waals surface area contributed by atoms with Crippen molar-refractivity contribution in [3.05, 3.63) is 34.2 Å². The Labute approximate surface area is 105 Å². The Balaban J connectivity index is 2.83. The average Bonchev–Trinajstić information content (AvgIpc) is 2.35. The number of hydrogen-bond donors (Lipinski definition) is 0. The molecule has 4 heteroatoms. The summed E-state index contributed by atoms with van der Waals surface area (Å²) >= 11 is 0. The van der Waals surface area contributed by atoms with Gasteiger partial charge in [0, 0.05) is 17.5 Å². The molecule has 0 aliphatic carbocycles. The Morgan fingerprint density at radius 3 is 2.22 bits per heavy atom. The van der Waals surface area contributed by atoms with Crippen molar-refractivity contribution in [2.24, 2.45) is 0 Å². The van der Waals surface area contributed by atoms with Crippen LogP contribution in [0.2, 0.25) is 0 Å². The van der Waals surface area contributed by atoms with E-state index in [9.17, 15) is 4.79 Å². The van der Waals surface area contributed by atoms with Gasteiger partial charge >= 0.3 is 5.63 Å². The van der Waals surface area contributed by atoms with Crippen LogP contribution in [-0.2, 0) is 0 Å². The highest BCUT2D eigenvalue weighted by molar-refractivity contribution is 5.84. The van der Waals surface area contributed by atoms with Gasteiger partial charge in [-0.05, 0) is 17.5 Å². The molecule has 96 valence electrons. The van der Waals surface area contributed by atoms with E-state index in [1.54, 1.807) is 20.3 Å². The van der Waals surface area contributed by atoms with Gasteiger partial charge in [-0.3, -0.25) is 0 Å². The molecule has 1 aromatic heterocycles. The maximum absolute atomic E-state index is 11.5. The second-order valence-electron chi connectivity index (χ2n) is 4.38. The molecule has 0 atom stereocenters. The largest absolute Gasteiger partial charge is 0.493 e. The van der Waals surface area contributed by atoms with Crippen molar-refractivity contribution in [1.82, 2.24) is 0 Å². The molecule has 0 saturated heterocycles. The summed E-state index contributed by atoms with van der Waals surface area (Å²) in [6.07, 6.45) is 0. The smallest absolute Gasteiger partial charge is 0.336 e. The van der Waals surface area contributed by atoms with Gasteiger partial charge in [0.1, 0.15) is 5.58 Å². The molecule has 0 aliphatic heterocycles. The van der Waals surface area contributed by atoms with Crippen LogP contribution in [0.15, 0.2) is 27.4 Å². The van der Waals surface area contributed by atoms with Crippen LogP contribution in [0, 0.1) is 0 Å². The summed E-state index contributed by atoms with van der Waals surface area (Å²) in [4.78, 5) is 11.5. The Hall–Kier alpha value is -1.97. The predicted molar refractivity (Wildman–Crippen MR) is 69.7 cm³/mol. The van der Waals surface area contributed by atoms with Crippen LogP contribution < -0.4 is 15.1 Å². The molecule has 0 N–H and O–H groups in total. The molecular weight excluding hydrogens is 232 g/mol. The average molecular weight is 248 g/mol. The first-order valence-electron chi connectivity index (χ1n) is 5.76. The van der Waals surface area contributed by atoms with Crippen molar-refractivity contribution in [3.63, 3.8) is 0 Å². The lowest BCUT2D eigenvalue weighted by Crippen LogP contribution is -2.02. The molecule has 0 saturated carbocycles. The van der Waals surface area contributed by atoms with Crippen LogP contribution in [-0.4, -0.2) is 14.2 Å². The van der Waals surface area contributed by atoms with Crippen LogP contribution in [0.1, 0.15) is 25.3 Å². The maximum Gasteiger partial charge on any atom is 0.336 e. The normalized spacial score (nSPS) is 10.9. The van der Waals surface area contributed by atoms with Crippen molar-refractivity contribution in [2.45, 2.75) is 19.8 Å². The van der Waals surface area contributed by atoms with Crippen LogP contribution in [0.5, 0.6) is 11.5 Å². The fourth-order valence-electron chi connectivity index (χ4n) is 1.99. The van der Waals surface area contributed by atoms with E-state index in [1.807, 2.05) is 19.9 Å². The minimum Gasteiger partial charge on any atom is -0.493 e. The van der Waals surface area contributed by atoms with E-state index >= 15 is 0 Å². The van der Waals surface area contributed by atoms with Gasteiger partial charge < -0.3 is 13.9 Å². The summed E-state index contributed by atoms with van der Waals surface area (Å²) in [7, 11) is 3.13. The summed E-state index contributed by atoms with van der Waals surface area (Å²) in [6.45, 7) is 4.07. The lowest BCUT2D eigenvalue weighted by Gasteiger charge is -2.12. The number of ether oxygens (including phenoxy) is 2. The molecular formula is C14H16O4. The molecule has 1 aromatic carbocycles. The number of benzene rings is 1. The first kappa shape index (κ1) is 12.5. The van der Waals surface area contributed by atoms with E-state index in [-0.39, 0.29) is 11.5 Å². The molecule has 18 heavy (non-hydrogen) atoms. The van der Waals surface area contributed by atoms with Crippen molar-refractivity contribution >= 4 is 11.0 Å². The van der Waals surface area contributed by atoms with Gasteiger partial charge in [-0.1, -0.05) is 13.8 Å². The Morgan fingerprint density at radius 1 is 1.06 bits per heavy atom. The summed E-state index contributed by atoms with van der Waals surface area (Å²) < 4.78 is 15.7. The molecule has 1 heterocycles. The number of methoxy groups -OCH3 is 2. The zero-order valence-corrected chi connectivity index (χ0v) is 10.9. The summed E-state index contributed by atoms with van der Waals surface area (Å²) in [5.41, 5.74) is 1.12. The molecule has 2 rings (SSSR count). The van der Waals surface area contributed by atoms with E-state index in [1.165, 1.54) is 6.07 Å². The van der Waals surface area contributed by atoms with E-state index in [2.05, 4.69) is 0 Å². The monoisotopic (exact) mass is 248 g/mol. The Bertz CT molecular complexity index is 625. The minimum atomic E-state index is -0.349. The van der Waals surface area contributed by atoms with Gasteiger partial charge in [0.15, 0.2) is 11.5 Å². The van der Waals surface area contributed by atoms with Gasteiger partial charge in [0.2, 0.25) is 0 Å². The van der Waals surface area contributed by atoms with Crippen molar-refractivity contribution in [2.75, 3.05) is 14.2 Å². The quantitative estimate of drug-likeness (QED) is 0.783. The van der Waals surface area contributed by atoms with Crippen LogP contribution >= 0.6 is 0 Å². The summed E-state index contributed by atoms with van der Waals surface area (Å²) in [5.74, 6) is 1.41. The lowest BCUT2D eigenvalue weighted by molar-refractivity contribution is 0.355. The fourth-order valence-corrected chi connectivity index (χ4v) is 1.99. The molecule has 0 fully saturated rings. The first-order chi connectivity index (χ1) is 8.56. The molecule has 0 amide bonds. The molecule has 0 radical (unpaired) electrons. The highest BCUT2D eigenvalue weighted by Gasteiger charge is 2.13. The van der Waals surface area contributed by atoms with Crippen LogP contribution in [0.4, 0.5) is 0 Å². The van der Waals surface area contributed by atoms with Gasteiger partial charge in [-0.2, -0.15) is 0 Å². The highest BCUT2D eigenvalue weighted by Crippen LogP contribution is 2.34. The van der Waals surface area contributed by atoms with E-state index in [0.717, 1.165) is 10.9 Å². The second-order valence-corrected chi connectivity index (χ2v) is 4.38. The van der Waals surface area contributed by atoms with E-state index < -0.39 is 0 Å². The first-order valence-corrected chi connectivity index (χ1v) is 5.76. The Kier molecular flexibility index (Phi) is 3.28. The zero-order valence-electron chi connectivity index (χ0n) is 10.9. The molecule has 0 bridgehead atoms. The molecule has 0 spiro atoms. The topological polar surface area (TPSA) is 48.7 Å². The number of fused-ring (bicyclic) bond motifs is 1. The SMILES string of the molecule is COc1cc2oc(=O)cc(C(C)C)c2cc1OC. The third-order valence-corrected chi connectivity index (χ3v) is 2.90. The molecule has 0 aliphatic rings. The third-order valence-electron chi connectivity index (χ3n) is 2.90. The van der Waals surface area contributed by atoms with Crippen LogP contribution in [0.25, 0.3) is 11.0 Å². The van der Waals surface area contributed by atoms with E-state index in [0.29, 0.717) is 17.1 Å². The van der Waals surface area contributed by atoms with Gasteiger partial charge in [-0.15, -0.1) is 0 Å². The minimum absolute atomic E-state index is 0.231. The van der Waals surface area contributed by atoms with Gasteiger partial charge in [0.25, 0.3) is 0 Å². The van der Waals surface area contributed by atoms with Gasteiger partial charge in [-0.25, -0.2) is 4.79 Å². The van der Waals surface area contributed by atoms with Crippen molar-refractivity contribution in [1.29, 1.82) is 0 Å². The molecule has 0 unspecified atom stereocenters. The van der Waals surface area contributed by atoms with Crippen molar-refractivity contribution in [3.8, 4) is 11.5 Å². The lowest BCUT2D eigenvalue weighted by atomic mass is 9.99. The fraction of sp³-hybridized carbons (Fsp3) is 0.357. The standard InChI is InChI=1S/C14H16O4/c1-8(2)9-6-14(15)18-11-7-13(17-4)12(16-3)5-10(9)11/h5-8H,1-4H3. The maximum atomic E-state index is 11.5. The highest BCUT2D eigenvalue weighted by atomic mass is 16.5. The third kappa shape index (κ3) is 2.06. The molecule has 4 nitrogen and oxygen atoms in total. The van der Waals surface area contributed by atoms with Gasteiger partial charge in [0.05, 0.1) is 14.2 Å². The second kappa shape index (κ2) is 4.72. The van der Waals surface area contributed by atoms with E-state index in [4.69, 9.17) is 13.9 Å². The zero-order chi connectivity index (χ0) is 13.3. The molecule has 2 aromatic rings. The number of hydrogen-bond acceptors (Lipinski definition) is 4. The Morgan fingerprint density at radius 2 is 1.67 bits per heavy atom. The summed E-state index contributed by atoms with van der Waals surface area (Å²) in [6, 6.07) is 5.05. The summed E-state index contributed by atoms with van der Waals surface area (Å²) in [5, 5.41) is 0.877. The number of rotatable bonds is 3. The predicted octanol–water partition coefficient (Wildman–Crippen LogP) is 2.93.